The van der Waals surface area contributed by atoms with Crippen molar-refractivity contribution in [1.82, 2.24) is 9.97 Å². The summed E-state index contributed by atoms with van der Waals surface area (Å²) in [7, 11) is 0. The summed E-state index contributed by atoms with van der Waals surface area (Å²) in [6.45, 7) is 7.03. The van der Waals surface area contributed by atoms with Gasteiger partial charge in [0.25, 0.3) is 0 Å². The Bertz CT molecular complexity index is 613. The highest BCUT2D eigenvalue weighted by atomic mass is 35.5. The number of unbranched alkanes of at least 4 members (excludes halogenated alkanes) is 1. The molecule has 0 radical (unpaired) electrons. The van der Waals surface area contributed by atoms with Crippen LogP contribution < -0.4 is 10.6 Å². The lowest BCUT2D eigenvalue weighted by Gasteiger charge is -2.11. The van der Waals surface area contributed by atoms with Gasteiger partial charge in [0, 0.05) is 29.0 Å². The molecule has 0 aliphatic heterocycles. The molecule has 4 nitrogen and oxygen atoms in total. The molecule has 2 N–H and O–H groups in total. The minimum Gasteiger partial charge on any atom is -0.354 e. The molecule has 5 heteroatoms. The van der Waals surface area contributed by atoms with Gasteiger partial charge in [-0.2, -0.15) is 4.98 Å². The topological polar surface area (TPSA) is 49.8 Å². The van der Waals surface area contributed by atoms with Crippen LogP contribution in [0.15, 0.2) is 24.3 Å². The fourth-order valence-electron chi connectivity index (χ4n) is 1.99. The Morgan fingerprint density at radius 1 is 1.14 bits per heavy atom. The van der Waals surface area contributed by atoms with E-state index in [9.17, 15) is 0 Å². The van der Waals surface area contributed by atoms with Gasteiger partial charge in [-0.1, -0.05) is 24.9 Å². The van der Waals surface area contributed by atoms with Crippen molar-refractivity contribution in [3.63, 3.8) is 0 Å². The van der Waals surface area contributed by atoms with Crippen LogP contribution in [-0.2, 0) is 0 Å². The third kappa shape index (κ3) is 4.60. The van der Waals surface area contributed by atoms with Gasteiger partial charge < -0.3 is 10.6 Å². The Morgan fingerprint density at radius 2 is 1.95 bits per heavy atom. The molecule has 0 spiro atoms. The molecule has 0 aliphatic rings. The third-order valence-electron chi connectivity index (χ3n) is 3.12. The lowest BCUT2D eigenvalue weighted by atomic mass is 10.2. The molecule has 0 bridgehead atoms. The van der Waals surface area contributed by atoms with Crippen LogP contribution in [0.1, 0.15) is 31.0 Å². The largest absolute Gasteiger partial charge is 0.354 e. The van der Waals surface area contributed by atoms with Crippen LogP contribution in [0, 0.1) is 13.8 Å². The second-order valence-electron chi connectivity index (χ2n) is 5.08. The zero-order valence-electron chi connectivity index (χ0n) is 12.7. The Labute approximate surface area is 131 Å². The number of hydrogen-bond acceptors (Lipinski definition) is 4. The van der Waals surface area contributed by atoms with Crippen molar-refractivity contribution in [2.24, 2.45) is 0 Å². The average Bonchev–Trinajstić information content (AvgIpc) is 2.42. The quantitative estimate of drug-likeness (QED) is 0.759. The molecular formula is C16H21ClN4. The lowest BCUT2D eigenvalue weighted by Crippen LogP contribution is -2.07. The van der Waals surface area contributed by atoms with Gasteiger partial charge in [0.15, 0.2) is 0 Å². The van der Waals surface area contributed by atoms with E-state index in [1.54, 1.807) is 0 Å². The van der Waals surface area contributed by atoms with Crippen LogP contribution in [0.3, 0.4) is 0 Å². The minimum atomic E-state index is 0.664. The van der Waals surface area contributed by atoms with Gasteiger partial charge in [-0.15, -0.1) is 0 Å². The van der Waals surface area contributed by atoms with E-state index in [2.05, 4.69) is 27.5 Å². The number of benzene rings is 1. The number of nitrogens with zero attached hydrogens (tertiary/aromatic N) is 2. The van der Waals surface area contributed by atoms with Crippen LogP contribution in [0.2, 0.25) is 5.02 Å². The molecule has 1 aromatic heterocycles. The Kier molecular flexibility index (Phi) is 5.39. The van der Waals surface area contributed by atoms with E-state index in [4.69, 9.17) is 11.6 Å². The molecule has 1 heterocycles. The molecule has 2 rings (SSSR count). The van der Waals surface area contributed by atoms with E-state index in [-0.39, 0.29) is 0 Å². The second-order valence-corrected chi connectivity index (χ2v) is 5.52. The van der Waals surface area contributed by atoms with E-state index in [1.807, 2.05) is 38.1 Å². The number of rotatable bonds is 6. The Hall–Kier alpha value is -1.81. The molecule has 0 amide bonds. The maximum Gasteiger partial charge on any atom is 0.224 e. The molecule has 21 heavy (non-hydrogen) atoms. The van der Waals surface area contributed by atoms with Crippen molar-refractivity contribution < 1.29 is 0 Å². The van der Waals surface area contributed by atoms with Crippen LogP contribution in [0.5, 0.6) is 0 Å². The van der Waals surface area contributed by atoms with Gasteiger partial charge in [0.1, 0.15) is 5.82 Å². The summed E-state index contributed by atoms with van der Waals surface area (Å²) in [4.78, 5) is 8.90. The van der Waals surface area contributed by atoms with E-state index < -0.39 is 0 Å². The second kappa shape index (κ2) is 7.27. The highest BCUT2D eigenvalue weighted by Gasteiger charge is 2.04. The molecule has 0 saturated carbocycles. The zero-order valence-corrected chi connectivity index (χ0v) is 13.5. The molecule has 0 aliphatic carbocycles. The average molecular weight is 305 g/mol. The molecule has 0 unspecified atom stereocenters. The fourth-order valence-corrected chi connectivity index (χ4v) is 2.22. The Balaban J connectivity index is 2.15. The fraction of sp³-hybridized carbons (Fsp3) is 0.375. The SMILES string of the molecule is CCCCNc1nc(C)cc(Nc2ccc(Cl)cc2C)n1. The molecule has 0 saturated heterocycles. The number of anilines is 3. The summed E-state index contributed by atoms with van der Waals surface area (Å²) in [5.41, 5.74) is 3.01. The van der Waals surface area contributed by atoms with Crippen molar-refractivity contribution in [3.8, 4) is 0 Å². The normalized spacial score (nSPS) is 10.5. The summed E-state index contributed by atoms with van der Waals surface area (Å²) in [5, 5.41) is 7.31. The third-order valence-corrected chi connectivity index (χ3v) is 3.35. The van der Waals surface area contributed by atoms with Crippen LogP contribution in [-0.4, -0.2) is 16.5 Å². The van der Waals surface area contributed by atoms with Gasteiger partial charge in [0.05, 0.1) is 0 Å². The van der Waals surface area contributed by atoms with Crippen LogP contribution in [0.25, 0.3) is 0 Å². The first-order chi connectivity index (χ1) is 10.1. The maximum atomic E-state index is 5.98. The van der Waals surface area contributed by atoms with E-state index >= 15 is 0 Å². The van der Waals surface area contributed by atoms with Gasteiger partial charge in [-0.05, 0) is 44.0 Å². The highest BCUT2D eigenvalue weighted by molar-refractivity contribution is 6.30. The smallest absolute Gasteiger partial charge is 0.224 e. The zero-order chi connectivity index (χ0) is 15.2. The van der Waals surface area contributed by atoms with Crippen molar-refractivity contribution in [2.45, 2.75) is 33.6 Å². The highest BCUT2D eigenvalue weighted by Crippen LogP contribution is 2.23. The molecule has 2 aromatic rings. The first-order valence-electron chi connectivity index (χ1n) is 7.21. The number of aromatic nitrogens is 2. The standard InChI is InChI=1S/C16H21ClN4/c1-4-5-8-18-16-19-12(3)10-15(21-16)20-14-7-6-13(17)9-11(14)2/h6-7,9-10H,4-5,8H2,1-3H3,(H2,18,19,20,21). The lowest BCUT2D eigenvalue weighted by molar-refractivity contribution is 0.825. The predicted octanol–water partition coefficient (Wildman–Crippen LogP) is 4.70. The first kappa shape index (κ1) is 15.6. The molecule has 0 fully saturated rings. The predicted molar refractivity (Wildman–Crippen MR) is 89.6 cm³/mol. The van der Waals surface area contributed by atoms with Gasteiger partial charge in [-0.3, -0.25) is 0 Å². The monoisotopic (exact) mass is 304 g/mol. The van der Waals surface area contributed by atoms with Gasteiger partial charge in [-0.25, -0.2) is 4.98 Å². The first-order valence-corrected chi connectivity index (χ1v) is 7.59. The van der Waals surface area contributed by atoms with Crippen molar-refractivity contribution in [3.05, 3.63) is 40.5 Å². The summed E-state index contributed by atoms with van der Waals surface area (Å²) >= 11 is 5.98. The number of aryl methyl sites for hydroxylation is 2. The molecule has 0 atom stereocenters. The van der Waals surface area contributed by atoms with Crippen molar-refractivity contribution in [2.75, 3.05) is 17.2 Å². The number of nitrogens with one attached hydrogen (secondary N) is 2. The van der Waals surface area contributed by atoms with Gasteiger partial charge in [0.2, 0.25) is 5.95 Å². The number of halogens is 1. The summed E-state index contributed by atoms with van der Waals surface area (Å²) in [5.74, 6) is 1.45. The van der Waals surface area contributed by atoms with Crippen molar-refractivity contribution >= 4 is 29.1 Å². The maximum absolute atomic E-state index is 5.98. The molecule has 1 aromatic carbocycles. The molecular weight excluding hydrogens is 284 g/mol. The van der Waals surface area contributed by atoms with E-state index in [1.165, 1.54) is 0 Å². The summed E-state index contributed by atoms with van der Waals surface area (Å²) < 4.78 is 0. The minimum absolute atomic E-state index is 0.664. The van der Waals surface area contributed by atoms with Crippen molar-refractivity contribution in [1.29, 1.82) is 0 Å². The van der Waals surface area contributed by atoms with Crippen LogP contribution in [0.4, 0.5) is 17.5 Å². The van der Waals surface area contributed by atoms with Crippen LogP contribution >= 0.6 is 11.6 Å². The Morgan fingerprint density at radius 3 is 2.67 bits per heavy atom. The number of hydrogen-bond donors (Lipinski definition) is 2. The molecule has 112 valence electrons. The van der Waals surface area contributed by atoms with E-state index in [0.717, 1.165) is 47.2 Å². The summed E-state index contributed by atoms with van der Waals surface area (Å²) in [6, 6.07) is 7.68. The van der Waals surface area contributed by atoms with E-state index in [0.29, 0.717) is 5.95 Å². The van der Waals surface area contributed by atoms with Gasteiger partial charge >= 0.3 is 0 Å². The summed E-state index contributed by atoms with van der Waals surface area (Å²) in [6.07, 6.45) is 2.25.